The summed E-state index contributed by atoms with van der Waals surface area (Å²) in [6.45, 7) is 6.31. The summed E-state index contributed by atoms with van der Waals surface area (Å²) >= 11 is 0. The molecule has 2 rings (SSSR count). The minimum Gasteiger partial charge on any atom is -0.350 e. The molecule has 0 unspecified atom stereocenters. The molecule has 0 fully saturated rings. The summed E-state index contributed by atoms with van der Waals surface area (Å²) in [5, 5.41) is 14.0. The number of amides is 2. The number of nitrogens with zero attached hydrogens (tertiary/aromatic N) is 3. The molecule has 1 atom stereocenters. The van der Waals surface area contributed by atoms with E-state index in [1.165, 1.54) is 47.4 Å². The normalized spacial score (nSPS) is 12.5. The largest absolute Gasteiger partial charge is 0.350 e. The summed E-state index contributed by atoms with van der Waals surface area (Å²) in [5.74, 6) is -1.60. The van der Waals surface area contributed by atoms with Crippen LogP contribution in [0.2, 0.25) is 0 Å². The van der Waals surface area contributed by atoms with Crippen LogP contribution in [0.25, 0.3) is 0 Å². The Morgan fingerprint density at radius 3 is 2.25 bits per heavy atom. The lowest BCUT2D eigenvalue weighted by Gasteiger charge is -2.34. The maximum absolute atomic E-state index is 13.6. The van der Waals surface area contributed by atoms with Gasteiger partial charge in [0.2, 0.25) is 21.8 Å². The van der Waals surface area contributed by atoms with Gasteiger partial charge >= 0.3 is 0 Å². The smallest absolute Gasteiger partial charge is 0.271 e. The highest BCUT2D eigenvalue weighted by Gasteiger charge is 2.33. The van der Waals surface area contributed by atoms with Crippen LogP contribution in [0.5, 0.6) is 0 Å². The summed E-state index contributed by atoms with van der Waals surface area (Å²) in [5.41, 5.74) is -0.452. The van der Waals surface area contributed by atoms with Crippen LogP contribution in [0.15, 0.2) is 48.5 Å². The van der Waals surface area contributed by atoms with Crippen molar-refractivity contribution in [2.45, 2.75) is 52.2 Å². The summed E-state index contributed by atoms with van der Waals surface area (Å²) < 4.78 is 39.4. The number of carbonyl (C=O) groups is 2. The van der Waals surface area contributed by atoms with E-state index in [0.29, 0.717) is 5.56 Å². The molecule has 12 heteroatoms. The van der Waals surface area contributed by atoms with Crippen molar-refractivity contribution < 1.29 is 27.3 Å². The number of sulfonamides is 1. The number of nitro groups is 1. The summed E-state index contributed by atoms with van der Waals surface area (Å²) in [4.78, 5) is 38.4. The zero-order valence-corrected chi connectivity index (χ0v) is 21.7. The highest BCUT2D eigenvalue weighted by Crippen LogP contribution is 2.24. The van der Waals surface area contributed by atoms with Crippen LogP contribution in [0, 0.1) is 15.9 Å². The Kier molecular flexibility index (Phi) is 9.14. The molecule has 0 aliphatic carbocycles. The van der Waals surface area contributed by atoms with Crippen molar-refractivity contribution in [3.05, 3.63) is 70.0 Å². The van der Waals surface area contributed by atoms with E-state index in [2.05, 4.69) is 5.32 Å². The first-order chi connectivity index (χ1) is 16.6. The number of carbonyl (C=O) groups excluding carboxylic acids is 2. The lowest BCUT2D eigenvalue weighted by atomic mass is 10.1. The zero-order valence-electron chi connectivity index (χ0n) is 20.9. The number of nitrogens with one attached hydrogen (secondary N) is 1. The quantitative estimate of drug-likeness (QED) is 0.377. The van der Waals surface area contributed by atoms with Crippen LogP contribution in [0.4, 0.5) is 15.8 Å². The molecule has 196 valence electrons. The topological polar surface area (TPSA) is 130 Å². The van der Waals surface area contributed by atoms with Crippen molar-refractivity contribution in [3.8, 4) is 0 Å². The van der Waals surface area contributed by atoms with Gasteiger partial charge in [-0.2, -0.15) is 0 Å². The molecular formula is C24H31FN4O6S. The van der Waals surface area contributed by atoms with E-state index in [0.717, 1.165) is 16.6 Å². The highest BCUT2D eigenvalue weighted by molar-refractivity contribution is 7.92. The second kappa shape index (κ2) is 11.5. The first-order valence-electron chi connectivity index (χ1n) is 11.2. The number of benzene rings is 2. The Hall–Kier alpha value is -3.54. The van der Waals surface area contributed by atoms with E-state index in [4.69, 9.17) is 0 Å². The van der Waals surface area contributed by atoms with Gasteiger partial charge in [-0.15, -0.1) is 0 Å². The van der Waals surface area contributed by atoms with Gasteiger partial charge in [-0.25, -0.2) is 12.8 Å². The van der Waals surface area contributed by atoms with E-state index in [9.17, 15) is 32.5 Å². The molecule has 0 saturated carbocycles. The number of non-ortho nitro benzene ring substituents is 1. The van der Waals surface area contributed by atoms with Crippen molar-refractivity contribution in [3.63, 3.8) is 0 Å². The fraction of sp³-hybridized carbons (Fsp3) is 0.417. The predicted octanol–water partition coefficient (Wildman–Crippen LogP) is 3.22. The van der Waals surface area contributed by atoms with Gasteiger partial charge in [-0.05, 0) is 51.0 Å². The molecule has 36 heavy (non-hydrogen) atoms. The van der Waals surface area contributed by atoms with Crippen LogP contribution >= 0.6 is 0 Å². The SMILES string of the molecule is CC[C@@H](C(=O)NC(C)(C)C)N(Cc1ccc(F)cc1)C(=O)CN(c1cccc([N+](=O)[O-])c1)S(C)(=O)=O. The summed E-state index contributed by atoms with van der Waals surface area (Å²) in [6, 6.07) is 9.36. The third kappa shape index (κ3) is 8.01. The van der Waals surface area contributed by atoms with E-state index in [1.807, 2.05) is 0 Å². The molecule has 1 N–H and O–H groups in total. The number of anilines is 1. The van der Waals surface area contributed by atoms with Crippen molar-refractivity contribution >= 4 is 33.2 Å². The van der Waals surface area contributed by atoms with Crippen LogP contribution in [0.3, 0.4) is 0 Å². The molecule has 2 aromatic carbocycles. The molecular weight excluding hydrogens is 491 g/mol. The number of hydrogen-bond acceptors (Lipinski definition) is 6. The Labute approximate surface area is 210 Å². The minimum absolute atomic E-state index is 0.0611. The van der Waals surface area contributed by atoms with Crippen LogP contribution < -0.4 is 9.62 Å². The van der Waals surface area contributed by atoms with Crippen LogP contribution in [-0.2, 0) is 26.2 Å². The van der Waals surface area contributed by atoms with Gasteiger partial charge in [0.25, 0.3) is 5.69 Å². The Balaban J connectivity index is 2.49. The van der Waals surface area contributed by atoms with Crippen molar-refractivity contribution in [1.82, 2.24) is 10.2 Å². The fourth-order valence-electron chi connectivity index (χ4n) is 3.53. The fourth-order valence-corrected chi connectivity index (χ4v) is 4.38. The summed E-state index contributed by atoms with van der Waals surface area (Å²) in [6.07, 6.45) is 1.11. The Morgan fingerprint density at radius 1 is 1.14 bits per heavy atom. The minimum atomic E-state index is -4.04. The molecule has 0 aliphatic heterocycles. The Morgan fingerprint density at radius 2 is 1.75 bits per heavy atom. The molecule has 0 aliphatic rings. The van der Waals surface area contributed by atoms with E-state index in [-0.39, 0.29) is 24.3 Å². The van der Waals surface area contributed by atoms with Gasteiger partial charge in [-0.3, -0.25) is 24.0 Å². The van der Waals surface area contributed by atoms with Gasteiger partial charge < -0.3 is 10.2 Å². The second-order valence-electron chi connectivity index (χ2n) is 9.36. The van der Waals surface area contributed by atoms with E-state index >= 15 is 0 Å². The van der Waals surface area contributed by atoms with Crippen molar-refractivity contribution in [2.75, 3.05) is 17.1 Å². The molecule has 0 spiro atoms. The molecule has 0 aromatic heterocycles. The molecule has 10 nitrogen and oxygen atoms in total. The maximum Gasteiger partial charge on any atom is 0.271 e. The maximum atomic E-state index is 13.6. The zero-order chi connectivity index (χ0) is 27.3. The average Bonchev–Trinajstić information content (AvgIpc) is 2.76. The molecule has 0 bridgehead atoms. The predicted molar refractivity (Wildman–Crippen MR) is 134 cm³/mol. The third-order valence-corrected chi connectivity index (χ3v) is 6.30. The van der Waals surface area contributed by atoms with Gasteiger partial charge in [0.15, 0.2) is 0 Å². The van der Waals surface area contributed by atoms with Crippen LogP contribution in [-0.4, -0.2) is 54.4 Å². The lowest BCUT2D eigenvalue weighted by molar-refractivity contribution is -0.384. The van der Waals surface area contributed by atoms with Gasteiger partial charge in [0.1, 0.15) is 18.4 Å². The molecule has 2 aromatic rings. The van der Waals surface area contributed by atoms with E-state index in [1.54, 1.807) is 27.7 Å². The third-order valence-electron chi connectivity index (χ3n) is 5.16. The Bertz CT molecular complexity index is 1210. The standard InChI is InChI=1S/C24H31FN4O6S/c1-6-21(23(31)26-24(2,3)4)27(15-17-10-12-18(25)13-11-17)22(30)16-28(36(5,34)35)19-8-7-9-20(14-19)29(32)33/h7-14,21H,6,15-16H2,1-5H3,(H,26,31)/t21-/m0/s1. The van der Waals surface area contributed by atoms with Crippen molar-refractivity contribution in [1.29, 1.82) is 0 Å². The number of rotatable bonds is 10. The van der Waals surface area contributed by atoms with Crippen LogP contribution in [0.1, 0.15) is 39.7 Å². The first kappa shape index (κ1) is 28.7. The highest BCUT2D eigenvalue weighted by atomic mass is 32.2. The van der Waals surface area contributed by atoms with Crippen molar-refractivity contribution in [2.24, 2.45) is 0 Å². The number of nitro benzene ring substituents is 1. The molecule has 0 saturated heterocycles. The molecule has 0 radical (unpaired) electrons. The van der Waals surface area contributed by atoms with E-state index < -0.39 is 50.7 Å². The van der Waals surface area contributed by atoms with Gasteiger partial charge in [0, 0.05) is 24.2 Å². The summed E-state index contributed by atoms with van der Waals surface area (Å²) in [7, 11) is -4.04. The molecule has 2 amide bonds. The monoisotopic (exact) mass is 522 g/mol. The average molecular weight is 523 g/mol. The van der Waals surface area contributed by atoms with Gasteiger partial charge in [-0.1, -0.05) is 25.1 Å². The lowest BCUT2D eigenvalue weighted by Crippen LogP contribution is -2.55. The molecule has 0 heterocycles. The first-order valence-corrected chi connectivity index (χ1v) is 13.1. The number of halogens is 1. The van der Waals surface area contributed by atoms with Gasteiger partial charge in [0.05, 0.1) is 16.9 Å². The number of hydrogen-bond donors (Lipinski definition) is 1. The second-order valence-corrected chi connectivity index (χ2v) is 11.3.